The Bertz CT molecular complexity index is 700. The van der Waals surface area contributed by atoms with Crippen molar-refractivity contribution >= 4 is 21.9 Å². The summed E-state index contributed by atoms with van der Waals surface area (Å²) >= 11 is 0. The van der Waals surface area contributed by atoms with Crippen molar-refractivity contribution in [2.45, 2.75) is 6.92 Å². The van der Waals surface area contributed by atoms with Crippen LogP contribution in [0, 0.1) is 12.1 Å². The lowest BCUT2D eigenvalue weighted by atomic mass is 10.2. The van der Waals surface area contributed by atoms with Gasteiger partial charge in [0.2, 0.25) is 11.7 Å². The van der Waals surface area contributed by atoms with Gasteiger partial charge in [-0.2, -0.15) is 4.73 Å². The summed E-state index contributed by atoms with van der Waals surface area (Å²) in [5.41, 5.74) is 2.44. The second kappa shape index (κ2) is 2.95. The summed E-state index contributed by atoms with van der Waals surface area (Å²) < 4.78 is 2.89. The molecule has 0 aliphatic rings. The molecule has 0 atom stereocenters. The molecule has 1 aromatic carbocycles. The van der Waals surface area contributed by atoms with Crippen molar-refractivity contribution in [3.05, 3.63) is 41.5 Å². The molecular formula is C12H11N3O. The summed E-state index contributed by atoms with van der Waals surface area (Å²) in [5.74, 6) is 0.909. The minimum absolute atomic E-state index is 0.679. The summed E-state index contributed by atoms with van der Waals surface area (Å²) in [6.07, 6.45) is 1.53. The van der Waals surface area contributed by atoms with E-state index in [9.17, 15) is 5.21 Å². The van der Waals surface area contributed by atoms with Gasteiger partial charge in [-0.1, -0.05) is 12.1 Å². The number of rotatable bonds is 0. The number of fused-ring (bicyclic) bond motifs is 3. The molecule has 3 aromatic rings. The average molecular weight is 213 g/mol. The lowest BCUT2D eigenvalue weighted by Crippen LogP contribution is -2.26. The quantitative estimate of drug-likeness (QED) is 0.421. The number of nitrogens with zero attached hydrogens (tertiary/aromatic N) is 3. The van der Waals surface area contributed by atoms with Gasteiger partial charge < -0.3 is 9.77 Å². The second-order valence-corrected chi connectivity index (χ2v) is 3.92. The average Bonchev–Trinajstić information content (AvgIpc) is 2.55. The van der Waals surface area contributed by atoms with Gasteiger partial charge in [-0.15, -0.1) is 0 Å². The first-order chi connectivity index (χ1) is 7.68. The topological polar surface area (TPSA) is 44.8 Å². The first-order valence-corrected chi connectivity index (χ1v) is 5.12. The van der Waals surface area contributed by atoms with Crippen molar-refractivity contribution in [1.29, 1.82) is 0 Å². The van der Waals surface area contributed by atoms with E-state index in [4.69, 9.17) is 0 Å². The van der Waals surface area contributed by atoms with Crippen LogP contribution in [-0.4, -0.2) is 9.55 Å². The number of benzene rings is 1. The van der Waals surface area contributed by atoms with E-state index in [-0.39, 0.29) is 0 Å². The number of aryl methyl sites for hydroxylation is 2. The molecule has 2 heterocycles. The van der Waals surface area contributed by atoms with Gasteiger partial charge >= 0.3 is 0 Å². The molecule has 0 spiro atoms. The van der Waals surface area contributed by atoms with Gasteiger partial charge in [0.1, 0.15) is 5.82 Å². The molecule has 0 amide bonds. The summed E-state index contributed by atoms with van der Waals surface area (Å²) in [4.78, 5) is 4.37. The van der Waals surface area contributed by atoms with Crippen LogP contribution in [0.15, 0.2) is 30.5 Å². The third kappa shape index (κ3) is 1.04. The third-order valence-electron chi connectivity index (χ3n) is 2.98. The largest absolute Gasteiger partial charge is 0.618 e. The Balaban J connectivity index is 2.66. The van der Waals surface area contributed by atoms with Crippen molar-refractivity contribution in [2.75, 3.05) is 0 Å². The molecule has 0 radical (unpaired) electrons. The first kappa shape index (κ1) is 9.15. The van der Waals surface area contributed by atoms with Crippen molar-refractivity contribution < 1.29 is 4.73 Å². The molecule has 0 aliphatic heterocycles. The van der Waals surface area contributed by atoms with Crippen LogP contribution in [0.2, 0.25) is 0 Å². The molecule has 0 fully saturated rings. The number of imidazole rings is 1. The Kier molecular flexibility index (Phi) is 1.68. The van der Waals surface area contributed by atoms with E-state index in [1.807, 2.05) is 42.8 Å². The minimum Gasteiger partial charge on any atom is -0.618 e. The summed E-state index contributed by atoms with van der Waals surface area (Å²) in [7, 11) is 1.96. The fraction of sp³-hybridized carbons (Fsp3) is 0.167. The normalized spacial score (nSPS) is 11.4. The standard InChI is InChI=1S/C12H11N3O/c1-8-13-10-7-15(16)11-6-4-3-5-9(11)12(10)14(8)2/h3-7H,1-2H3. The molecule has 0 bridgehead atoms. The van der Waals surface area contributed by atoms with Gasteiger partial charge in [0, 0.05) is 13.1 Å². The molecule has 0 aliphatic carbocycles. The van der Waals surface area contributed by atoms with Crippen LogP contribution < -0.4 is 4.73 Å². The van der Waals surface area contributed by atoms with Gasteiger partial charge in [0.05, 0.1) is 10.9 Å². The van der Waals surface area contributed by atoms with Gasteiger partial charge in [-0.3, -0.25) is 0 Å². The predicted octanol–water partition coefficient (Wildman–Crippen LogP) is 1.67. The summed E-state index contributed by atoms with van der Waals surface area (Å²) in [6.45, 7) is 1.93. The molecular weight excluding hydrogens is 202 g/mol. The molecule has 0 saturated heterocycles. The van der Waals surface area contributed by atoms with Crippen LogP contribution >= 0.6 is 0 Å². The van der Waals surface area contributed by atoms with Crippen molar-refractivity contribution in [1.82, 2.24) is 9.55 Å². The highest BCUT2D eigenvalue weighted by molar-refractivity contribution is 6.00. The molecule has 3 rings (SSSR count). The number of hydrogen-bond acceptors (Lipinski definition) is 2. The zero-order chi connectivity index (χ0) is 11.3. The number of para-hydroxylation sites is 1. The molecule has 4 heteroatoms. The smallest absolute Gasteiger partial charge is 0.226 e. The highest BCUT2D eigenvalue weighted by atomic mass is 16.5. The highest BCUT2D eigenvalue weighted by Gasteiger charge is 2.14. The van der Waals surface area contributed by atoms with Gasteiger partial charge in [0.25, 0.3) is 0 Å². The molecule has 80 valence electrons. The van der Waals surface area contributed by atoms with E-state index in [0.717, 1.165) is 27.0 Å². The Morgan fingerprint density at radius 1 is 1.31 bits per heavy atom. The minimum atomic E-state index is 0.679. The Morgan fingerprint density at radius 2 is 2.06 bits per heavy atom. The lowest BCUT2D eigenvalue weighted by molar-refractivity contribution is -0.575. The fourth-order valence-electron chi connectivity index (χ4n) is 2.09. The third-order valence-corrected chi connectivity index (χ3v) is 2.98. The molecule has 0 unspecified atom stereocenters. The highest BCUT2D eigenvalue weighted by Crippen LogP contribution is 2.22. The maximum atomic E-state index is 11.8. The maximum absolute atomic E-state index is 11.8. The van der Waals surface area contributed by atoms with Gasteiger partial charge in [-0.25, -0.2) is 4.98 Å². The van der Waals surface area contributed by atoms with E-state index in [2.05, 4.69) is 4.98 Å². The van der Waals surface area contributed by atoms with Crippen LogP contribution in [-0.2, 0) is 7.05 Å². The Morgan fingerprint density at radius 3 is 2.88 bits per heavy atom. The van der Waals surface area contributed by atoms with Crippen LogP contribution in [0.4, 0.5) is 0 Å². The van der Waals surface area contributed by atoms with E-state index in [1.54, 1.807) is 0 Å². The van der Waals surface area contributed by atoms with Gasteiger partial charge in [0.15, 0.2) is 5.52 Å². The molecule has 0 N–H and O–H groups in total. The van der Waals surface area contributed by atoms with Crippen molar-refractivity contribution in [3.63, 3.8) is 0 Å². The number of pyridine rings is 1. The van der Waals surface area contributed by atoms with E-state index >= 15 is 0 Å². The Labute approximate surface area is 92.3 Å². The zero-order valence-electron chi connectivity index (χ0n) is 9.14. The van der Waals surface area contributed by atoms with Gasteiger partial charge in [-0.05, 0) is 13.0 Å². The maximum Gasteiger partial charge on any atom is 0.226 e. The van der Waals surface area contributed by atoms with Crippen molar-refractivity contribution in [2.24, 2.45) is 7.05 Å². The zero-order valence-corrected chi connectivity index (χ0v) is 9.14. The van der Waals surface area contributed by atoms with Crippen LogP contribution in [0.5, 0.6) is 0 Å². The fourth-order valence-corrected chi connectivity index (χ4v) is 2.09. The molecule has 2 aromatic heterocycles. The number of aromatic nitrogens is 3. The van der Waals surface area contributed by atoms with Crippen LogP contribution in [0.1, 0.15) is 5.82 Å². The number of hydrogen-bond donors (Lipinski definition) is 0. The Hall–Kier alpha value is -2.10. The molecule has 16 heavy (non-hydrogen) atoms. The molecule has 0 saturated carbocycles. The van der Waals surface area contributed by atoms with Crippen LogP contribution in [0.25, 0.3) is 21.9 Å². The summed E-state index contributed by atoms with van der Waals surface area (Å²) in [5, 5.41) is 12.7. The predicted molar refractivity (Wildman–Crippen MR) is 61.9 cm³/mol. The first-order valence-electron chi connectivity index (χ1n) is 5.12. The van der Waals surface area contributed by atoms with Crippen LogP contribution in [0.3, 0.4) is 0 Å². The van der Waals surface area contributed by atoms with Crippen molar-refractivity contribution in [3.8, 4) is 0 Å². The SMILES string of the molecule is Cc1nc2c[n+]([O-])c3ccccc3c2n1C. The van der Waals surface area contributed by atoms with E-state index in [1.165, 1.54) is 6.20 Å². The summed E-state index contributed by atoms with van der Waals surface area (Å²) in [6, 6.07) is 7.58. The monoisotopic (exact) mass is 213 g/mol. The molecule has 4 nitrogen and oxygen atoms in total. The van der Waals surface area contributed by atoms with E-state index in [0.29, 0.717) is 5.52 Å². The second-order valence-electron chi connectivity index (χ2n) is 3.92. The van der Waals surface area contributed by atoms with E-state index < -0.39 is 0 Å². The lowest BCUT2D eigenvalue weighted by Gasteiger charge is -2.03.